The summed E-state index contributed by atoms with van der Waals surface area (Å²) in [5.74, 6) is 1.27. The van der Waals surface area contributed by atoms with Crippen LogP contribution in [-0.4, -0.2) is 9.97 Å². The Bertz CT molecular complexity index is 555. The van der Waals surface area contributed by atoms with E-state index in [-0.39, 0.29) is 0 Å². The molecule has 2 rings (SSSR count). The van der Waals surface area contributed by atoms with Gasteiger partial charge >= 0.3 is 0 Å². The number of rotatable bonds is 3. The Morgan fingerprint density at radius 2 is 1.89 bits per heavy atom. The van der Waals surface area contributed by atoms with Gasteiger partial charge < -0.3 is 0 Å². The molecule has 0 atom stereocenters. The Morgan fingerprint density at radius 3 is 2.50 bits per heavy atom. The quantitative estimate of drug-likeness (QED) is 0.557. The fraction of sp³-hybridized carbons (Fsp3) is 0.167. The zero-order valence-corrected chi connectivity index (χ0v) is 13.4. The predicted molar refractivity (Wildman–Crippen MR) is 80.5 cm³/mol. The van der Waals surface area contributed by atoms with Crippen molar-refractivity contribution in [1.82, 2.24) is 9.97 Å². The standard InChI is InChI=1S/C12H9BrCl2N2S/c1-7-11(14)16-10(17-12(7)15)6-18-9-4-2-3-8(13)5-9/h2-5H,6H2,1H3. The molecular weight excluding hydrogens is 355 g/mol. The van der Waals surface area contributed by atoms with Crippen molar-refractivity contribution in [3.8, 4) is 0 Å². The molecule has 0 aliphatic carbocycles. The Hall–Kier alpha value is -0.290. The van der Waals surface area contributed by atoms with Crippen molar-refractivity contribution in [3.05, 3.63) is 50.4 Å². The van der Waals surface area contributed by atoms with E-state index in [9.17, 15) is 0 Å². The summed E-state index contributed by atoms with van der Waals surface area (Å²) in [7, 11) is 0. The summed E-state index contributed by atoms with van der Waals surface area (Å²) in [4.78, 5) is 9.56. The Balaban J connectivity index is 2.11. The van der Waals surface area contributed by atoms with Crippen LogP contribution >= 0.6 is 50.9 Å². The molecular formula is C12H9BrCl2N2S. The number of thioether (sulfide) groups is 1. The first-order valence-corrected chi connectivity index (χ1v) is 7.66. The summed E-state index contributed by atoms with van der Waals surface area (Å²) in [5, 5.41) is 0.833. The Kier molecular flexibility index (Phi) is 4.90. The minimum Gasteiger partial charge on any atom is -0.220 e. The molecule has 94 valence electrons. The molecule has 0 spiro atoms. The first kappa shape index (κ1) is 14.1. The maximum atomic E-state index is 5.97. The van der Waals surface area contributed by atoms with E-state index in [0.29, 0.717) is 21.9 Å². The lowest BCUT2D eigenvalue weighted by molar-refractivity contribution is 1.01. The van der Waals surface area contributed by atoms with Gasteiger partial charge in [0.1, 0.15) is 16.1 Å². The van der Waals surface area contributed by atoms with Gasteiger partial charge in [0.2, 0.25) is 0 Å². The Morgan fingerprint density at radius 1 is 1.22 bits per heavy atom. The van der Waals surface area contributed by atoms with E-state index in [1.165, 1.54) is 0 Å². The first-order chi connectivity index (χ1) is 8.56. The first-order valence-electron chi connectivity index (χ1n) is 5.13. The molecule has 0 N–H and O–H groups in total. The number of hydrogen-bond donors (Lipinski definition) is 0. The highest BCUT2D eigenvalue weighted by Gasteiger charge is 2.07. The van der Waals surface area contributed by atoms with Gasteiger partial charge in [-0.2, -0.15) is 0 Å². The number of halogens is 3. The van der Waals surface area contributed by atoms with Crippen LogP contribution in [0.5, 0.6) is 0 Å². The average Bonchev–Trinajstić information content (AvgIpc) is 2.33. The van der Waals surface area contributed by atoms with Crippen molar-refractivity contribution in [2.45, 2.75) is 17.6 Å². The molecule has 0 amide bonds. The van der Waals surface area contributed by atoms with Gasteiger partial charge in [-0.15, -0.1) is 11.8 Å². The molecule has 0 fully saturated rings. The molecule has 1 heterocycles. The van der Waals surface area contributed by atoms with Crippen molar-refractivity contribution in [2.24, 2.45) is 0 Å². The molecule has 1 aromatic heterocycles. The van der Waals surface area contributed by atoms with Gasteiger partial charge in [0, 0.05) is 14.9 Å². The summed E-state index contributed by atoms with van der Waals surface area (Å²) in [6.45, 7) is 1.80. The summed E-state index contributed by atoms with van der Waals surface area (Å²) in [6.07, 6.45) is 0. The van der Waals surface area contributed by atoms with Gasteiger partial charge in [-0.05, 0) is 25.1 Å². The summed E-state index contributed by atoms with van der Waals surface area (Å²) >= 11 is 17.0. The van der Waals surface area contributed by atoms with E-state index < -0.39 is 0 Å². The summed E-state index contributed by atoms with van der Waals surface area (Å²) in [5.41, 5.74) is 0.717. The molecule has 0 saturated carbocycles. The maximum absolute atomic E-state index is 5.97. The predicted octanol–water partition coefficient (Wildman–Crippen LogP) is 5.15. The van der Waals surface area contributed by atoms with Crippen LogP contribution in [-0.2, 0) is 5.75 Å². The third kappa shape index (κ3) is 3.60. The molecule has 2 aromatic rings. The second-order valence-electron chi connectivity index (χ2n) is 3.59. The normalized spacial score (nSPS) is 10.7. The van der Waals surface area contributed by atoms with E-state index in [4.69, 9.17) is 23.2 Å². The van der Waals surface area contributed by atoms with Crippen molar-refractivity contribution in [1.29, 1.82) is 0 Å². The lowest BCUT2D eigenvalue weighted by atomic mass is 10.4. The smallest absolute Gasteiger partial charge is 0.142 e. The van der Waals surface area contributed by atoms with Crippen LogP contribution < -0.4 is 0 Å². The van der Waals surface area contributed by atoms with E-state index in [2.05, 4.69) is 25.9 Å². The van der Waals surface area contributed by atoms with Gasteiger partial charge in [0.25, 0.3) is 0 Å². The van der Waals surface area contributed by atoms with Crippen LogP contribution in [0.4, 0.5) is 0 Å². The SMILES string of the molecule is Cc1c(Cl)nc(CSc2cccc(Br)c2)nc1Cl. The lowest BCUT2D eigenvalue weighted by Gasteiger charge is -2.05. The molecule has 6 heteroatoms. The number of nitrogens with zero attached hydrogens (tertiary/aromatic N) is 2. The van der Waals surface area contributed by atoms with E-state index in [0.717, 1.165) is 14.9 Å². The van der Waals surface area contributed by atoms with Crippen LogP contribution in [0.3, 0.4) is 0 Å². The third-order valence-electron chi connectivity index (χ3n) is 2.24. The van der Waals surface area contributed by atoms with E-state index >= 15 is 0 Å². The summed E-state index contributed by atoms with van der Waals surface area (Å²) < 4.78 is 1.05. The largest absolute Gasteiger partial charge is 0.220 e. The van der Waals surface area contributed by atoms with Crippen LogP contribution in [0, 0.1) is 6.92 Å². The highest BCUT2D eigenvalue weighted by atomic mass is 79.9. The van der Waals surface area contributed by atoms with E-state index in [1.807, 2.05) is 24.3 Å². The number of aromatic nitrogens is 2. The molecule has 0 radical (unpaired) electrons. The minimum absolute atomic E-state index is 0.417. The third-order valence-corrected chi connectivity index (χ3v) is 4.46. The fourth-order valence-electron chi connectivity index (χ4n) is 1.27. The van der Waals surface area contributed by atoms with Gasteiger partial charge in [-0.25, -0.2) is 9.97 Å². The van der Waals surface area contributed by atoms with Crippen molar-refractivity contribution < 1.29 is 0 Å². The molecule has 0 aliphatic rings. The van der Waals surface area contributed by atoms with Crippen LogP contribution in [0.2, 0.25) is 10.3 Å². The van der Waals surface area contributed by atoms with Gasteiger partial charge in [-0.3, -0.25) is 0 Å². The zero-order valence-electron chi connectivity index (χ0n) is 9.45. The topological polar surface area (TPSA) is 25.8 Å². The zero-order chi connectivity index (χ0) is 13.1. The molecule has 0 unspecified atom stereocenters. The molecule has 1 aromatic carbocycles. The molecule has 0 saturated heterocycles. The van der Waals surface area contributed by atoms with Crippen LogP contribution in [0.15, 0.2) is 33.6 Å². The van der Waals surface area contributed by atoms with E-state index in [1.54, 1.807) is 18.7 Å². The van der Waals surface area contributed by atoms with Crippen LogP contribution in [0.25, 0.3) is 0 Å². The molecule has 2 nitrogen and oxygen atoms in total. The number of hydrogen-bond acceptors (Lipinski definition) is 3. The van der Waals surface area contributed by atoms with Crippen LogP contribution in [0.1, 0.15) is 11.4 Å². The van der Waals surface area contributed by atoms with Gasteiger partial charge in [0.15, 0.2) is 0 Å². The van der Waals surface area contributed by atoms with Crippen molar-refractivity contribution in [3.63, 3.8) is 0 Å². The fourth-order valence-corrected chi connectivity index (χ4v) is 3.06. The molecule has 0 aliphatic heterocycles. The highest BCUT2D eigenvalue weighted by molar-refractivity contribution is 9.10. The summed E-state index contributed by atoms with van der Waals surface area (Å²) in [6, 6.07) is 8.05. The number of benzene rings is 1. The maximum Gasteiger partial charge on any atom is 0.142 e. The second kappa shape index (κ2) is 6.24. The Labute approximate surface area is 128 Å². The highest BCUT2D eigenvalue weighted by Crippen LogP contribution is 2.26. The average molecular weight is 364 g/mol. The monoisotopic (exact) mass is 362 g/mol. The molecule has 18 heavy (non-hydrogen) atoms. The van der Waals surface area contributed by atoms with Crippen molar-refractivity contribution >= 4 is 50.9 Å². The van der Waals surface area contributed by atoms with Gasteiger partial charge in [0.05, 0.1) is 5.75 Å². The van der Waals surface area contributed by atoms with Gasteiger partial charge in [-0.1, -0.05) is 45.2 Å². The molecule has 0 bridgehead atoms. The minimum atomic E-state index is 0.417. The lowest BCUT2D eigenvalue weighted by Crippen LogP contribution is -1.96. The second-order valence-corrected chi connectivity index (χ2v) is 6.27. The van der Waals surface area contributed by atoms with Crippen molar-refractivity contribution in [2.75, 3.05) is 0 Å².